The zero-order valence-corrected chi connectivity index (χ0v) is 13.1. The van der Waals surface area contributed by atoms with Crippen LogP contribution in [0.25, 0.3) is 0 Å². The zero-order valence-electron chi connectivity index (χ0n) is 13.1. The van der Waals surface area contributed by atoms with E-state index in [2.05, 4.69) is 0 Å². The summed E-state index contributed by atoms with van der Waals surface area (Å²) in [6, 6.07) is -0.825. The van der Waals surface area contributed by atoms with Gasteiger partial charge in [0.25, 0.3) is 0 Å². The van der Waals surface area contributed by atoms with Gasteiger partial charge in [0.1, 0.15) is 17.7 Å². The molecule has 6 nitrogen and oxygen atoms in total. The van der Waals surface area contributed by atoms with Crippen molar-refractivity contribution in [3.8, 4) is 0 Å². The Morgan fingerprint density at radius 1 is 1.19 bits per heavy atom. The molecule has 0 unspecified atom stereocenters. The molecule has 2 N–H and O–H groups in total. The number of amides is 1. The van der Waals surface area contributed by atoms with E-state index in [0.717, 1.165) is 25.7 Å². The van der Waals surface area contributed by atoms with Crippen molar-refractivity contribution in [3.05, 3.63) is 0 Å². The van der Waals surface area contributed by atoms with E-state index < -0.39 is 17.7 Å². The van der Waals surface area contributed by atoms with Crippen molar-refractivity contribution in [3.63, 3.8) is 0 Å². The van der Waals surface area contributed by atoms with E-state index in [0.29, 0.717) is 13.0 Å². The van der Waals surface area contributed by atoms with Gasteiger partial charge in [-0.05, 0) is 52.9 Å². The highest BCUT2D eigenvalue weighted by Gasteiger charge is 2.42. The Labute approximate surface area is 125 Å². The van der Waals surface area contributed by atoms with Crippen LogP contribution >= 0.6 is 0 Å². The average molecular weight is 298 g/mol. The molecule has 0 radical (unpaired) electrons. The standard InChI is InChI=1S/C15H26N2O4/c1-15(2,3)21-14(19)17-9-10(16)8-12(17)13(18)20-11-6-4-5-7-11/h10-12H,4-9,16H2,1-3H3/t10-,12+/m0/s1. The molecule has 0 aromatic carbocycles. The fourth-order valence-corrected chi connectivity index (χ4v) is 2.86. The molecule has 1 amide bonds. The van der Waals surface area contributed by atoms with Crippen LogP contribution in [0.1, 0.15) is 52.9 Å². The average Bonchev–Trinajstić information content (AvgIpc) is 2.95. The fraction of sp³-hybridized carbons (Fsp3) is 0.867. The highest BCUT2D eigenvalue weighted by molar-refractivity contribution is 5.82. The largest absolute Gasteiger partial charge is 0.461 e. The van der Waals surface area contributed by atoms with Crippen LogP contribution < -0.4 is 5.73 Å². The second-order valence-corrected chi connectivity index (χ2v) is 6.99. The first-order valence-corrected chi connectivity index (χ1v) is 7.72. The predicted octanol–water partition coefficient (Wildman–Crippen LogP) is 1.81. The quantitative estimate of drug-likeness (QED) is 0.786. The number of ether oxygens (including phenoxy) is 2. The molecule has 0 aromatic heterocycles. The van der Waals surface area contributed by atoms with Crippen LogP contribution in [-0.4, -0.2) is 47.3 Å². The van der Waals surface area contributed by atoms with Gasteiger partial charge in [0.05, 0.1) is 0 Å². The van der Waals surface area contributed by atoms with Crippen molar-refractivity contribution in [1.29, 1.82) is 0 Å². The van der Waals surface area contributed by atoms with Crippen molar-refractivity contribution in [2.45, 2.75) is 76.7 Å². The lowest BCUT2D eigenvalue weighted by atomic mass is 10.2. The van der Waals surface area contributed by atoms with Crippen LogP contribution in [0.2, 0.25) is 0 Å². The van der Waals surface area contributed by atoms with Gasteiger partial charge in [-0.3, -0.25) is 4.90 Å². The summed E-state index contributed by atoms with van der Waals surface area (Å²) in [5.41, 5.74) is 5.31. The van der Waals surface area contributed by atoms with E-state index in [1.807, 2.05) is 0 Å². The van der Waals surface area contributed by atoms with Crippen molar-refractivity contribution >= 4 is 12.1 Å². The number of nitrogens with two attached hydrogens (primary N) is 1. The summed E-state index contributed by atoms with van der Waals surface area (Å²) in [7, 11) is 0. The maximum absolute atomic E-state index is 12.3. The Hall–Kier alpha value is -1.30. The summed E-state index contributed by atoms with van der Waals surface area (Å²) in [5.74, 6) is -0.347. The van der Waals surface area contributed by atoms with Crippen LogP contribution in [0.3, 0.4) is 0 Å². The normalized spacial score (nSPS) is 27.0. The molecule has 21 heavy (non-hydrogen) atoms. The third-order valence-electron chi connectivity index (χ3n) is 3.82. The second-order valence-electron chi connectivity index (χ2n) is 6.99. The Balaban J connectivity index is 1.98. The van der Waals surface area contributed by atoms with E-state index >= 15 is 0 Å². The SMILES string of the molecule is CC(C)(C)OC(=O)N1C[C@@H](N)C[C@@H]1C(=O)OC1CCCC1. The number of hydrogen-bond donors (Lipinski definition) is 1. The summed E-state index contributed by atoms with van der Waals surface area (Å²) in [4.78, 5) is 25.9. The number of rotatable bonds is 2. The van der Waals surface area contributed by atoms with Crippen LogP contribution in [0.5, 0.6) is 0 Å². The van der Waals surface area contributed by atoms with Crippen molar-refractivity contribution in [2.75, 3.05) is 6.54 Å². The number of nitrogens with zero attached hydrogens (tertiary/aromatic N) is 1. The lowest BCUT2D eigenvalue weighted by Crippen LogP contribution is -2.44. The number of hydrogen-bond acceptors (Lipinski definition) is 5. The molecule has 1 heterocycles. The van der Waals surface area contributed by atoms with Gasteiger partial charge >= 0.3 is 12.1 Å². The number of carbonyl (C=O) groups is 2. The van der Waals surface area contributed by atoms with Gasteiger partial charge < -0.3 is 15.2 Å². The van der Waals surface area contributed by atoms with E-state index in [-0.39, 0.29) is 18.1 Å². The molecule has 2 atom stereocenters. The third-order valence-corrected chi connectivity index (χ3v) is 3.82. The Morgan fingerprint density at radius 2 is 1.81 bits per heavy atom. The highest BCUT2D eigenvalue weighted by atomic mass is 16.6. The fourth-order valence-electron chi connectivity index (χ4n) is 2.86. The molecule has 1 saturated carbocycles. The van der Waals surface area contributed by atoms with Gasteiger partial charge in [0.2, 0.25) is 0 Å². The first-order chi connectivity index (χ1) is 9.76. The van der Waals surface area contributed by atoms with Crippen molar-refractivity contribution in [1.82, 2.24) is 4.90 Å². The van der Waals surface area contributed by atoms with Crippen LogP contribution in [0.15, 0.2) is 0 Å². The van der Waals surface area contributed by atoms with Gasteiger partial charge in [0, 0.05) is 12.6 Å². The molecule has 0 bridgehead atoms. The number of likely N-dealkylation sites (tertiary alicyclic amines) is 1. The molecule has 0 spiro atoms. The summed E-state index contributed by atoms with van der Waals surface area (Å²) < 4.78 is 10.9. The Bertz CT molecular complexity index is 399. The maximum atomic E-state index is 12.3. The number of esters is 1. The first kappa shape index (κ1) is 16.1. The third kappa shape index (κ3) is 4.33. The smallest absolute Gasteiger partial charge is 0.411 e. The lowest BCUT2D eigenvalue weighted by Gasteiger charge is -2.28. The highest BCUT2D eigenvalue weighted by Crippen LogP contribution is 2.25. The summed E-state index contributed by atoms with van der Waals surface area (Å²) in [6.07, 6.45) is 3.95. The lowest BCUT2D eigenvalue weighted by molar-refractivity contribution is -0.154. The molecular formula is C15H26N2O4. The minimum absolute atomic E-state index is 0.00480. The Morgan fingerprint density at radius 3 is 2.38 bits per heavy atom. The second kappa shape index (κ2) is 6.22. The van der Waals surface area contributed by atoms with Gasteiger partial charge in [-0.15, -0.1) is 0 Å². The van der Waals surface area contributed by atoms with Crippen LogP contribution in [-0.2, 0) is 14.3 Å². The summed E-state index contributed by atoms with van der Waals surface area (Å²) >= 11 is 0. The van der Waals surface area contributed by atoms with Crippen molar-refractivity contribution in [2.24, 2.45) is 5.73 Å². The molecule has 6 heteroatoms. The van der Waals surface area contributed by atoms with Gasteiger partial charge in [0.15, 0.2) is 0 Å². The summed E-state index contributed by atoms with van der Waals surface area (Å²) in [6.45, 7) is 5.73. The molecule has 1 aliphatic carbocycles. The van der Waals surface area contributed by atoms with E-state index in [4.69, 9.17) is 15.2 Å². The molecule has 1 aliphatic heterocycles. The summed E-state index contributed by atoms with van der Waals surface area (Å²) in [5, 5.41) is 0. The van der Waals surface area contributed by atoms with Crippen molar-refractivity contribution < 1.29 is 19.1 Å². The van der Waals surface area contributed by atoms with Crippen LogP contribution in [0.4, 0.5) is 4.79 Å². The molecule has 2 rings (SSSR count). The molecule has 2 fully saturated rings. The monoisotopic (exact) mass is 298 g/mol. The van der Waals surface area contributed by atoms with Crippen LogP contribution in [0, 0.1) is 0 Å². The minimum atomic E-state index is -0.615. The molecule has 2 aliphatic rings. The van der Waals surface area contributed by atoms with Gasteiger partial charge in [-0.2, -0.15) is 0 Å². The number of carbonyl (C=O) groups excluding carboxylic acids is 2. The Kier molecular flexibility index (Phi) is 4.76. The predicted molar refractivity (Wildman–Crippen MR) is 77.7 cm³/mol. The molecule has 120 valence electrons. The molecule has 0 aromatic rings. The first-order valence-electron chi connectivity index (χ1n) is 7.72. The molecular weight excluding hydrogens is 272 g/mol. The topological polar surface area (TPSA) is 81.9 Å². The van der Waals surface area contributed by atoms with E-state index in [1.165, 1.54) is 4.90 Å². The molecule has 1 saturated heterocycles. The van der Waals surface area contributed by atoms with Gasteiger partial charge in [-0.25, -0.2) is 9.59 Å². The van der Waals surface area contributed by atoms with E-state index in [9.17, 15) is 9.59 Å². The van der Waals surface area contributed by atoms with Gasteiger partial charge in [-0.1, -0.05) is 0 Å². The minimum Gasteiger partial charge on any atom is -0.461 e. The maximum Gasteiger partial charge on any atom is 0.411 e. The van der Waals surface area contributed by atoms with E-state index in [1.54, 1.807) is 20.8 Å². The zero-order chi connectivity index (χ0) is 15.6.